The fourth-order valence-corrected chi connectivity index (χ4v) is 7.57. The number of nitrogens with one attached hydrogen (secondary N) is 1. The molecule has 1 N–H and O–H groups in total. The van der Waals surface area contributed by atoms with Gasteiger partial charge in [0.15, 0.2) is 0 Å². The van der Waals surface area contributed by atoms with Gasteiger partial charge in [-0.25, -0.2) is 8.42 Å². The van der Waals surface area contributed by atoms with E-state index in [0.29, 0.717) is 19.5 Å². The summed E-state index contributed by atoms with van der Waals surface area (Å²) in [5, 5.41) is 3.12. The molecule has 1 aliphatic carbocycles. The van der Waals surface area contributed by atoms with Gasteiger partial charge in [0, 0.05) is 29.3 Å². The Bertz CT molecular complexity index is 1220. The predicted molar refractivity (Wildman–Crippen MR) is 145 cm³/mol. The molecule has 3 fully saturated rings. The van der Waals surface area contributed by atoms with Gasteiger partial charge in [0.1, 0.15) is 12.1 Å². The zero-order valence-electron chi connectivity index (χ0n) is 20.8. The molecule has 5 rings (SSSR count). The standard InChI is InChI=1S/C27H33BrN4O4S/c28-21-11-13-24(14-12-21)37(35,36)31-17-15-27(16-18-31)26(34)30(20-32(27)23-9-5-2-6-10-23)19-25(33)29-22-7-3-1-4-8-22/h2,5-6,9-14,22H,1,3-4,7-8,15-20H2,(H,29,33). The quantitative estimate of drug-likeness (QED) is 0.555. The van der Waals surface area contributed by atoms with Gasteiger partial charge in [-0.05, 0) is 62.1 Å². The van der Waals surface area contributed by atoms with Crippen LogP contribution >= 0.6 is 15.9 Å². The van der Waals surface area contributed by atoms with Crippen LogP contribution in [0, 0.1) is 0 Å². The second-order valence-corrected chi connectivity index (χ2v) is 13.1. The van der Waals surface area contributed by atoms with E-state index in [1.165, 1.54) is 10.7 Å². The number of nitrogens with zero attached hydrogens (tertiary/aromatic N) is 3. The highest BCUT2D eigenvalue weighted by atomic mass is 79.9. The minimum atomic E-state index is -3.67. The minimum Gasteiger partial charge on any atom is -0.352 e. The van der Waals surface area contributed by atoms with Crippen molar-refractivity contribution < 1.29 is 18.0 Å². The van der Waals surface area contributed by atoms with Crippen molar-refractivity contribution in [1.29, 1.82) is 0 Å². The number of piperidine rings is 1. The van der Waals surface area contributed by atoms with E-state index in [-0.39, 0.29) is 42.4 Å². The number of hydrogen-bond acceptors (Lipinski definition) is 5. The molecule has 10 heteroatoms. The highest BCUT2D eigenvalue weighted by Crippen LogP contribution is 2.40. The van der Waals surface area contributed by atoms with Gasteiger partial charge >= 0.3 is 0 Å². The summed E-state index contributed by atoms with van der Waals surface area (Å²) in [7, 11) is -3.67. The van der Waals surface area contributed by atoms with Crippen molar-refractivity contribution in [3.63, 3.8) is 0 Å². The smallest absolute Gasteiger partial charge is 0.250 e. The van der Waals surface area contributed by atoms with Crippen LogP contribution in [0.1, 0.15) is 44.9 Å². The van der Waals surface area contributed by atoms with Crippen LogP contribution in [0.4, 0.5) is 5.69 Å². The largest absolute Gasteiger partial charge is 0.352 e. The van der Waals surface area contributed by atoms with Crippen LogP contribution in [0.25, 0.3) is 0 Å². The molecule has 2 aliphatic heterocycles. The average molecular weight is 590 g/mol. The fraction of sp³-hybridized carbons (Fsp3) is 0.481. The topological polar surface area (TPSA) is 90.0 Å². The van der Waals surface area contributed by atoms with Gasteiger partial charge in [-0.2, -0.15) is 4.31 Å². The van der Waals surface area contributed by atoms with Crippen molar-refractivity contribution in [2.75, 3.05) is 31.2 Å². The zero-order chi connectivity index (χ0) is 26.0. The summed E-state index contributed by atoms with van der Waals surface area (Å²) in [6.45, 7) is 0.785. The SMILES string of the molecule is O=C(CN1CN(c2ccccc2)C2(CCN(S(=O)(=O)c3ccc(Br)cc3)CC2)C1=O)NC1CCCCC1. The lowest BCUT2D eigenvalue weighted by Crippen LogP contribution is -2.57. The van der Waals surface area contributed by atoms with E-state index in [2.05, 4.69) is 26.1 Å². The Hall–Kier alpha value is -2.43. The molecule has 0 radical (unpaired) electrons. The molecular weight excluding hydrogens is 556 g/mol. The number of carbonyl (C=O) groups is 2. The number of rotatable bonds is 6. The number of halogens is 1. The third-order valence-electron chi connectivity index (χ3n) is 7.89. The van der Waals surface area contributed by atoms with Gasteiger partial charge in [-0.1, -0.05) is 53.4 Å². The van der Waals surface area contributed by atoms with Crippen LogP contribution < -0.4 is 10.2 Å². The highest BCUT2D eigenvalue weighted by molar-refractivity contribution is 9.10. The molecule has 0 bridgehead atoms. The Labute approximate surface area is 227 Å². The molecule has 0 aromatic heterocycles. The molecule has 1 spiro atoms. The summed E-state index contributed by atoms with van der Waals surface area (Å²) in [5.41, 5.74) is 0.0216. The van der Waals surface area contributed by atoms with Crippen LogP contribution in [0.5, 0.6) is 0 Å². The molecule has 8 nitrogen and oxygen atoms in total. The number of anilines is 1. The van der Waals surface area contributed by atoms with E-state index in [1.807, 2.05) is 30.3 Å². The maximum atomic E-state index is 13.9. The van der Waals surface area contributed by atoms with Gasteiger partial charge < -0.3 is 15.1 Å². The van der Waals surface area contributed by atoms with E-state index in [0.717, 1.165) is 35.8 Å². The van der Waals surface area contributed by atoms with Crippen molar-refractivity contribution in [2.24, 2.45) is 0 Å². The van der Waals surface area contributed by atoms with E-state index < -0.39 is 15.6 Å². The van der Waals surface area contributed by atoms with Crippen molar-refractivity contribution in [1.82, 2.24) is 14.5 Å². The van der Waals surface area contributed by atoms with Crippen LogP contribution in [0.2, 0.25) is 0 Å². The molecule has 2 aromatic carbocycles. The number of hydrogen-bond donors (Lipinski definition) is 1. The lowest BCUT2D eigenvalue weighted by Gasteiger charge is -2.42. The number of amides is 2. The molecule has 2 heterocycles. The zero-order valence-corrected chi connectivity index (χ0v) is 23.2. The summed E-state index contributed by atoms with van der Waals surface area (Å²) >= 11 is 3.35. The summed E-state index contributed by atoms with van der Waals surface area (Å²) in [6.07, 6.45) is 6.15. The number of carbonyl (C=O) groups excluding carboxylic acids is 2. The molecule has 37 heavy (non-hydrogen) atoms. The average Bonchev–Trinajstić information content (AvgIpc) is 3.16. The summed E-state index contributed by atoms with van der Waals surface area (Å²) < 4.78 is 28.8. The number of para-hydroxylation sites is 1. The lowest BCUT2D eigenvalue weighted by molar-refractivity contribution is -0.137. The second-order valence-electron chi connectivity index (χ2n) is 10.2. The predicted octanol–water partition coefficient (Wildman–Crippen LogP) is 3.73. The van der Waals surface area contributed by atoms with Crippen LogP contribution in [0.15, 0.2) is 64.0 Å². The Morgan fingerprint density at radius 2 is 1.62 bits per heavy atom. The Morgan fingerprint density at radius 3 is 2.27 bits per heavy atom. The van der Waals surface area contributed by atoms with Crippen LogP contribution in [-0.2, 0) is 19.6 Å². The molecule has 198 valence electrons. The molecule has 0 atom stereocenters. The lowest BCUT2D eigenvalue weighted by atomic mass is 9.86. The molecule has 3 aliphatic rings. The molecule has 2 saturated heterocycles. The van der Waals surface area contributed by atoms with E-state index in [1.54, 1.807) is 29.2 Å². The summed E-state index contributed by atoms with van der Waals surface area (Å²) in [4.78, 5) is 30.7. The first-order valence-corrected chi connectivity index (χ1v) is 15.2. The molecule has 0 unspecified atom stereocenters. The normalized spacial score (nSPS) is 20.9. The van der Waals surface area contributed by atoms with E-state index >= 15 is 0 Å². The van der Waals surface area contributed by atoms with Gasteiger partial charge in [-0.3, -0.25) is 9.59 Å². The van der Waals surface area contributed by atoms with Crippen molar-refractivity contribution in [3.05, 3.63) is 59.1 Å². The maximum absolute atomic E-state index is 13.9. The van der Waals surface area contributed by atoms with E-state index in [9.17, 15) is 18.0 Å². The first kappa shape index (κ1) is 26.2. The van der Waals surface area contributed by atoms with Crippen LogP contribution in [-0.4, -0.2) is 67.3 Å². The summed E-state index contributed by atoms with van der Waals surface area (Å²) in [6, 6.07) is 16.5. The van der Waals surface area contributed by atoms with Gasteiger partial charge in [0.25, 0.3) is 0 Å². The number of sulfonamides is 1. The molecule has 2 aromatic rings. The molecule has 2 amide bonds. The van der Waals surface area contributed by atoms with E-state index in [4.69, 9.17) is 0 Å². The maximum Gasteiger partial charge on any atom is 0.250 e. The third-order valence-corrected chi connectivity index (χ3v) is 10.3. The van der Waals surface area contributed by atoms with Gasteiger partial charge in [0.2, 0.25) is 21.8 Å². The van der Waals surface area contributed by atoms with Crippen molar-refractivity contribution >= 4 is 43.5 Å². The Morgan fingerprint density at radius 1 is 0.973 bits per heavy atom. The monoisotopic (exact) mass is 588 g/mol. The van der Waals surface area contributed by atoms with Crippen molar-refractivity contribution in [3.8, 4) is 0 Å². The third kappa shape index (κ3) is 5.28. The first-order chi connectivity index (χ1) is 17.8. The number of benzene rings is 2. The Balaban J connectivity index is 1.34. The minimum absolute atomic E-state index is 0.0152. The molecular formula is C27H33BrN4O4S. The Kier molecular flexibility index (Phi) is 7.60. The van der Waals surface area contributed by atoms with Gasteiger partial charge in [0.05, 0.1) is 11.6 Å². The molecule has 1 saturated carbocycles. The second kappa shape index (κ2) is 10.7. The van der Waals surface area contributed by atoms with Crippen LogP contribution in [0.3, 0.4) is 0 Å². The summed E-state index contributed by atoms with van der Waals surface area (Å²) in [5.74, 6) is -0.226. The van der Waals surface area contributed by atoms with Crippen molar-refractivity contribution in [2.45, 2.75) is 61.4 Å². The first-order valence-electron chi connectivity index (χ1n) is 13.0. The fourth-order valence-electron chi connectivity index (χ4n) is 5.87. The van der Waals surface area contributed by atoms with Gasteiger partial charge in [-0.15, -0.1) is 0 Å². The highest BCUT2D eigenvalue weighted by Gasteiger charge is 2.55.